The highest BCUT2D eigenvalue weighted by Gasteiger charge is 2.37. The highest BCUT2D eigenvalue weighted by molar-refractivity contribution is 7.87. The van der Waals surface area contributed by atoms with Crippen LogP contribution in [0.25, 0.3) is 0 Å². The first kappa shape index (κ1) is 16.2. The number of aromatic nitrogens is 1. The minimum Gasteiger partial charge on any atom is -0.361 e. The zero-order valence-corrected chi connectivity index (χ0v) is 14.1. The van der Waals surface area contributed by atoms with Gasteiger partial charge in [-0.1, -0.05) is 35.5 Å². The van der Waals surface area contributed by atoms with E-state index in [-0.39, 0.29) is 12.6 Å². The van der Waals surface area contributed by atoms with E-state index in [1.54, 1.807) is 0 Å². The van der Waals surface area contributed by atoms with Gasteiger partial charge in [-0.15, -0.1) is 0 Å². The fraction of sp³-hybridized carbons (Fsp3) is 0.438. The van der Waals surface area contributed by atoms with Crippen molar-refractivity contribution in [2.24, 2.45) is 0 Å². The lowest BCUT2D eigenvalue weighted by Gasteiger charge is -2.24. The molecule has 1 aromatic carbocycles. The lowest BCUT2D eigenvalue weighted by atomic mass is 10.0. The summed E-state index contributed by atoms with van der Waals surface area (Å²) in [4.78, 5) is 0. The van der Waals surface area contributed by atoms with E-state index in [0.29, 0.717) is 12.3 Å². The second kappa shape index (κ2) is 6.43. The van der Waals surface area contributed by atoms with E-state index >= 15 is 0 Å². The van der Waals surface area contributed by atoms with Gasteiger partial charge in [-0.3, -0.25) is 0 Å². The average molecular weight is 335 g/mol. The Morgan fingerprint density at radius 3 is 2.70 bits per heavy atom. The van der Waals surface area contributed by atoms with Crippen molar-refractivity contribution in [1.82, 2.24) is 14.2 Å². The molecule has 0 spiro atoms. The Morgan fingerprint density at radius 1 is 1.30 bits per heavy atom. The number of aryl methyl sites for hydroxylation is 2. The Labute approximate surface area is 136 Å². The molecular weight excluding hydrogens is 314 g/mol. The van der Waals surface area contributed by atoms with Crippen LogP contribution in [0.5, 0.6) is 0 Å². The Kier molecular flexibility index (Phi) is 4.52. The summed E-state index contributed by atoms with van der Waals surface area (Å²) >= 11 is 0. The first-order valence-electron chi connectivity index (χ1n) is 7.72. The molecule has 6 nitrogen and oxygen atoms in total. The fourth-order valence-electron chi connectivity index (χ4n) is 3.14. The third-order valence-corrected chi connectivity index (χ3v) is 5.80. The molecule has 124 valence electrons. The van der Waals surface area contributed by atoms with E-state index in [1.165, 1.54) is 4.31 Å². The molecule has 1 aliphatic rings. The molecule has 1 aromatic heterocycles. The molecule has 1 unspecified atom stereocenters. The predicted octanol–water partition coefficient (Wildman–Crippen LogP) is 2.46. The molecule has 3 rings (SSSR count). The Bertz CT molecular complexity index is 752. The molecule has 0 radical (unpaired) electrons. The number of nitrogens with zero attached hydrogens (tertiary/aromatic N) is 2. The molecule has 1 saturated heterocycles. The predicted molar refractivity (Wildman–Crippen MR) is 86.9 cm³/mol. The van der Waals surface area contributed by atoms with Crippen molar-refractivity contribution in [2.45, 2.75) is 39.3 Å². The van der Waals surface area contributed by atoms with E-state index in [9.17, 15) is 8.42 Å². The van der Waals surface area contributed by atoms with Crippen LogP contribution in [0.1, 0.15) is 41.5 Å². The number of hydrogen-bond donors (Lipinski definition) is 1. The van der Waals surface area contributed by atoms with Crippen molar-refractivity contribution in [3.8, 4) is 0 Å². The number of benzene rings is 1. The minimum atomic E-state index is -3.55. The monoisotopic (exact) mass is 335 g/mol. The van der Waals surface area contributed by atoms with Gasteiger partial charge in [0.15, 0.2) is 0 Å². The summed E-state index contributed by atoms with van der Waals surface area (Å²) in [6, 6.07) is 9.30. The second-order valence-corrected chi connectivity index (χ2v) is 7.53. The maximum atomic E-state index is 12.7. The van der Waals surface area contributed by atoms with Crippen molar-refractivity contribution in [1.29, 1.82) is 0 Å². The first-order chi connectivity index (χ1) is 11.0. The van der Waals surface area contributed by atoms with Crippen molar-refractivity contribution < 1.29 is 12.9 Å². The van der Waals surface area contributed by atoms with Crippen molar-refractivity contribution in [2.75, 3.05) is 6.54 Å². The van der Waals surface area contributed by atoms with Crippen LogP contribution in [0.3, 0.4) is 0 Å². The molecular formula is C16H21N3O3S. The smallest absolute Gasteiger partial charge is 0.280 e. The van der Waals surface area contributed by atoms with E-state index in [1.807, 2.05) is 44.2 Å². The topological polar surface area (TPSA) is 75.4 Å². The summed E-state index contributed by atoms with van der Waals surface area (Å²) in [6.07, 6.45) is 1.62. The van der Waals surface area contributed by atoms with Crippen LogP contribution in [0.4, 0.5) is 0 Å². The van der Waals surface area contributed by atoms with Gasteiger partial charge in [-0.2, -0.15) is 17.4 Å². The maximum Gasteiger partial charge on any atom is 0.280 e. The molecule has 0 aliphatic carbocycles. The summed E-state index contributed by atoms with van der Waals surface area (Å²) in [6.45, 7) is 4.48. The normalized spacial score (nSPS) is 19.3. The number of hydrogen-bond acceptors (Lipinski definition) is 4. The highest BCUT2D eigenvalue weighted by Crippen LogP contribution is 2.36. The quantitative estimate of drug-likeness (QED) is 0.911. The molecule has 0 bridgehead atoms. The Morgan fingerprint density at radius 2 is 2.04 bits per heavy atom. The maximum absolute atomic E-state index is 12.7. The Balaban J connectivity index is 1.79. The van der Waals surface area contributed by atoms with Crippen LogP contribution in [-0.4, -0.2) is 24.4 Å². The molecule has 1 atom stereocenters. The van der Waals surface area contributed by atoms with E-state index < -0.39 is 10.2 Å². The molecule has 2 aromatic rings. The van der Waals surface area contributed by atoms with Gasteiger partial charge in [0.1, 0.15) is 5.76 Å². The van der Waals surface area contributed by atoms with Gasteiger partial charge >= 0.3 is 0 Å². The number of rotatable bonds is 5. The van der Waals surface area contributed by atoms with Gasteiger partial charge in [-0.25, -0.2) is 0 Å². The van der Waals surface area contributed by atoms with Gasteiger partial charge in [0.2, 0.25) is 0 Å². The lowest BCUT2D eigenvalue weighted by Crippen LogP contribution is -2.40. The van der Waals surface area contributed by atoms with E-state index in [0.717, 1.165) is 29.7 Å². The molecule has 0 saturated carbocycles. The molecule has 0 amide bonds. The minimum absolute atomic E-state index is 0.200. The van der Waals surface area contributed by atoms with Crippen LogP contribution in [-0.2, 0) is 16.8 Å². The van der Waals surface area contributed by atoms with Gasteiger partial charge in [0.25, 0.3) is 10.2 Å². The Hall–Kier alpha value is -1.70. The zero-order chi connectivity index (χ0) is 16.4. The van der Waals surface area contributed by atoms with Crippen molar-refractivity contribution in [3.63, 3.8) is 0 Å². The largest absolute Gasteiger partial charge is 0.361 e. The van der Waals surface area contributed by atoms with Crippen LogP contribution in [0.15, 0.2) is 34.9 Å². The molecule has 7 heteroatoms. The standard InChI is InChI=1S/C16H21N3O3S/c1-12-16(13(2)22-18-12)15-9-6-10-19(15)23(20,21)17-11-14-7-4-3-5-8-14/h3-5,7-8,15,17H,6,9-11H2,1-2H3. The summed E-state index contributed by atoms with van der Waals surface area (Å²) in [5.74, 6) is 0.692. The third kappa shape index (κ3) is 3.31. The number of nitrogens with one attached hydrogen (secondary N) is 1. The fourth-order valence-corrected chi connectivity index (χ4v) is 4.57. The van der Waals surface area contributed by atoms with Crippen LogP contribution in [0, 0.1) is 13.8 Å². The summed E-state index contributed by atoms with van der Waals surface area (Å²) in [5.41, 5.74) is 2.59. The van der Waals surface area contributed by atoms with Crippen LogP contribution in [0.2, 0.25) is 0 Å². The van der Waals surface area contributed by atoms with Gasteiger partial charge < -0.3 is 4.52 Å². The second-order valence-electron chi connectivity index (χ2n) is 5.82. The van der Waals surface area contributed by atoms with Crippen molar-refractivity contribution in [3.05, 3.63) is 52.9 Å². The van der Waals surface area contributed by atoms with Gasteiger partial charge in [-0.05, 0) is 32.3 Å². The van der Waals surface area contributed by atoms with E-state index in [4.69, 9.17) is 4.52 Å². The first-order valence-corrected chi connectivity index (χ1v) is 9.16. The summed E-state index contributed by atoms with van der Waals surface area (Å²) in [7, 11) is -3.55. The van der Waals surface area contributed by atoms with Crippen LogP contribution >= 0.6 is 0 Å². The third-order valence-electron chi connectivity index (χ3n) is 4.24. The highest BCUT2D eigenvalue weighted by atomic mass is 32.2. The average Bonchev–Trinajstić information content (AvgIpc) is 3.13. The lowest BCUT2D eigenvalue weighted by molar-refractivity contribution is 0.372. The SMILES string of the molecule is Cc1noc(C)c1C1CCCN1S(=O)(=O)NCc1ccccc1. The van der Waals surface area contributed by atoms with Crippen molar-refractivity contribution >= 4 is 10.2 Å². The molecule has 1 aliphatic heterocycles. The van der Waals surface area contributed by atoms with Crippen LogP contribution < -0.4 is 4.72 Å². The van der Waals surface area contributed by atoms with Gasteiger partial charge in [0, 0.05) is 18.7 Å². The van der Waals surface area contributed by atoms with Gasteiger partial charge in [0.05, 0.1) is 11.7 Å². The molecule has 23 heavy (non-hydrogen) atoms. The zero-order valence-electron chi connectivity index (χ0n) is 13.3. The molecule has 1 fully saturated rings. The summed E-state index contributed by atoms with van der Waals surface area (Å²) in [5, 5.41) is 3.95. The molecule has 1 N–H and O–H groups in total. The molecule has 2 heterocycles. The summed E-state index contributed by atoms with van der Waals surface area (Å²) < 4.78 is 34.8. The van der Waals surface area contributed by atoms with E-state index in [2.05, 4.69) is 9.88 Å².